The topological polar surface area (TPSA) is 44.1 Å². The molecule has 0 atom stereocenters. The highest BCUT2D eigenvalue weighted by atomic mass is 32.2. The molecule has 3 aromatic rings. The van der Waals surface area contributed by atoms with Crippen LogP contribution in [0, 0.1) is 0 Å². The van der Waals surface area contributed by atoms with Crippen LogP contribution in [0.3, 0.4) is 0 Å². The van der Waals surface area contributed by atoms with Gasteiger partial charge in [-0.25, -0.2) is 23.1 Å². The van der Waals surface area contributed by atoms with Gasteiger partial charge in [-0.15, -0.1) is 0 Å². The van der Waals surface area contributed by atoms with E-state index in [4.69, 9.17) is 4.74 Å². The van der Waals surface area contributed by atoms with Crippen molar-refractivity contribution in [2.24, 2.45) is 0 Å². The van der Waals surface area contributed by atoms with Crippen molar-refractivity contribution in [3.63, 3.8) is 0 Å². The molecule has 9 heteroatoms. The van der Waals surface area contributed by atoms with Gasteiger partial charge in [-0.05, 0) is 18.7 Å². The lowest BCUT2D eigenvalue weighted by molar-refractivity contribution is -0.0566. The minimum absolute atomic E-state index is 0.0265. The molecule has 0 spiro atoms. The van der Waals surface area contributed by atoms with Crippen LogP contribution in [-0.4, -0.2) is 33.9 Å². The third-order valence-electron chi connectivity index (χ3n) is 3.87. The summed E-state index contributed by atoms with van der Waals surface area (Å²) in [4.78, 5) is 16.8. The minimum atomic E-state index is -4.43. The van der Waals surface area contributed by atoms with Gasteiger partial charge in [-0.3, -0.25) is 0 Å². The van der Waals surface area contributed by atoms with E-state index in [0.717, 1.165) is 4.57 Å². The molecule has 0 amide bonds. The largest absolute Gasteiger partial charge is 0.449 e. The second kappa shape index (κ2) is 8.69. The zero-order valence-electron chi connectivity index (χ0n) is 15.2. The summed E-state index contributed by atoms with van der Waals surface area (Å²) in [5.41, 5.74) is 1.43. The van der Waals surface area contributed by atoms with Crippen molar-refractivity contribution in [2.75, 3.05) is 6.61 Å². The molecule has 0 radical (unpaired) electrons. The van der Waals surface area contributed by atoms with Crippen LogP contribution < -0.4 is 0 Å². The lowest BCUT2D eigenvalue weighted by Crippen LogP contribution is -2.24. The Hall–Kier alpha value is -2.81. The first-order chi connectivity index (χ1) is 13.8. The summed E-state index contributed by atoms with van der Waals surface area (Å²) in [7, 11) is 0. The zero-order valence-corrected chi connectivity index (χ0v) is 16.0. The Balaban J connectivity index is 2.28. The van der Waals surface area contributed by atoms with Gasteiger partial charge in [-0.2, -0.15) is 8.78 Å². The molecule has 3 rings (SSSR count). The highest BCUT2D eigenvalue weighted by Crippen LogP contribution is 2.43. The van der Waals surface area contributed by atoms with Gasteiger partial charge in [-0.1, -0.05) is 60.7 Å². The number of ether oxygens (including phenoxy) is 1. The summed E-state index contributed by atoms with van der Waals surface area (Å²) >= 11 is -0.473. The number of halogens is 4. The molecule has 4 nitrogen and oxygen atoms in total. The average Bonchev–Trinajstić information content (AvgIpc) is 3.08. The number of aromatic nitrogens is 2. The molecule has 0 unspecified atom stereocenters. The Morgan fingerprint density at radius 2 is 1.62 bits per heavy atom. The number of hydrogen-bond donors (Lipinski definition) is 0. The number of carbonyl (C=O) groups is 1. The summed E-state index contributed by atoms with van der Waals surface area (Å²) < 4.78 is 59.1. The minimum Gasteiger partial charge on any atom is -0.449 e. The van der Waals surface area contributed by atoms with E-state index < -0.39 is 34.7 Å². The molecule has 0 fully saturated rings. The second-order valence-electron chi connectivity index (χ2n) is 5.82. The quantitative estimate of drug-likeness (QED) is 0.351. The van der Waals surface area contributed by atoms with Crippen molar-refractivity contribution in [2.45, 2.75) is 23.8 Å². The van der Waals surface area contributed by atoms with Gasteiger partial charge >= 0.3 is 17.8 Å². The van der Waals surface area contributed by atoms with Gasteiger partial charge in [0.2, 0.25) is 0 Å². The third-order valence-corrected chi connectivity index (χ3v) is 4.78. The summed E-state index contributed by atoms with van der Waals surface area (Å²) in [6.45, 7) is 1.52. The maximum absolute atomic E-state index is 13.8. The predicted molar refractivity (Wildman–Crippen MR) is 102 cm³/mol. The summed E-state index contributed by atoms with van der Waals surface area (Å²) in [6.07, 6.45) is -4.91. The Labute approximate surface area is 168 Å². The number of rotatable bonds is 6. The van der Waals surface area contributed by atoms with E-state index >= 15 is 0 Å². The standard InChI is InChI=1S/C20H16F4N2O2S/c1-2-28-19(27)26-16(14-11-7-4-8-12-14)15(13-9-5-3-6-10-13)25-18(26)29-20(23,24)17(21)22/h3-12,17H,2H2,1H3. The molecule has 0 saturated heterocycles. The van der Waals surface area contributed by atoms with E-state index in [1.807, 2.05) is 0 Å². The van der Waals surface area contributed by atoms with Crippen LogP contribution in [0.5, 0.6) is 0 Å². The van der Waals surface area contributed by atoms with E-state index in [2.05, 4.69) is 4.98 Å². The highest BCUT2D eigenvalue weighted by Gasteiger charge is 2.44. The summed E-state index contributed by atoms with van der Waals surface area (Å²) in [6, 6.07) is 17.0. The fourth-order valence-corrected chi connectivity index (χ4v) is 3.38. The van der Waals surface area contributed by atoms with Gasteiger partial charge < -0.3 is 4.74 Å². The maximum Gasteiger partial charge on any atom is 0.420 e. The van der Waals surface area contributed by atoms with E-state index in [1.165, 1.54) is 0 Å². The van der Waals surface area contributed by atoms with Crippen LogP contribution in [0.1, 0.15) is 6.92 Å². The first kappa shape index (κ1) is 20.9. The van der Waals surface area contributed by atoms with Crippen molar-refractivity contribution in [1.82, 2.24) is 9.55 Å². The molecule has 2 aromatic carbocycles. The van der Waals surface area contributed by atoms with Gasteiger partial charge in [0.25, 0.3) is 0 Å². The van der Waals surface area contributed by atoms with E-state index in [-0.39, 0.29) is 18.0 Å². The second-order valence-corrected chi connectivity index (χ2v) is 6.94. The lowest BCUT2D eigenvalue weighted by atomic mass is 10.0. The Morgan fingerprint density at radius 3 is 2.14 bits per heavy atom. The average molecular weight is 424 g/mol. The first-order valence-electron chi connectivity index (χ1n) is 8.60. The van der Waals surface area contributed by atoms with Crippen molar-refractivity contribution in [3.8, 4) is 22.5 Å². The van der Waals surface area contributed by atoms with Crippen LogP contribution in [0.25, 0.3) is 22.5 Å². The van der Waals surface area contributed by atoms with Crippen molar-refractivity contribution in [3.05, 3.63) is 60.7 Å². The number of carbonyl (C=O) groups excluding carboxylic acids is 1. The molecule has 1 heterocycles. The number of thioether (sulfide) groups is 1. The van der Waals surface area contributed by atoms with Crippen LogP contribution in [0.2, 0.25) is 0 Å². The third kappa shape index (κ3) is 4.45. The van der Waals surface area contributed by atoms with Gasteiger partial charge in [0.05, 0.1) is 18.0 Å². The highest BCUT2D eigenvalue weighted by molar-refractivity contribution is 8.00. The lowest BCUT2D eigenvalue weighted by Gasteiger charge is -2.15. The SMILES string of the molecule is CCOC(=O)n1c(SC(F)(F)C(F)F)nc(-c2ccccc2)c1-c1ccccc1. The van der Waals surface area contributed by atoms with Gasteiger partial charge in [0.15, 0.2) is 5.16 Å². The van der Waals surface area contributed by atoms with Crippen molar-refractivity contribution in [1.29, 1.82) is 0 Å². The molecular formula is C20H16F4N2O2S. The molecule has 0 bridgehead atoms. The fourth-order valence-electron chi connectivity index (χ4n) is 2.65. The van der Waals surface area contributed by atoms with Crippen LogP contribution in [-0.2, 0) is 4.74 Å². The van der Waals surface area contributed by atoms with Crippen LogP contribution in [0.4, 0.5) is 22.4 Å². The number of alkyl halides is 4. The van der Waals surface area contributed by atoms with Crippen molar-refractivity contribution >= 4 is 17.9 Å². The predicted octanol–water partition coefficient (Wildman–Crippen LogP) is 6.17. The molecule has 0 aliphatic heterocycles. The Kier molecular flexibility index (Phi) is 6.26. The molecule has 152 valence electrons. The maximum atomic E-state index is 13.8. The van der Waals surface area contributed by atoms with E-state index in [0.29, 0.717) is 11.1 Å². The monoisotopic (exact) mass is 424 g/mol. The number of benzene rings is 2. The number of hydrogen-bond acceptors (Lipinski definition) is 4. The molecule has 29 heavy (non-hydrogen) atoms. The number of imidazole rings is 1. The normalized spacial score (nSPS) is 11.7. The zero-order chi connectivity index (χ0) is 21.0. The molecular weight excluding hydrogens is 408 g/mol. The van der Waals surface area contributed by atoms with Crippen LogP contribution in [0.15, 0.2) is 65.8 Å². The smallest absolute Gasteiger partial charge is 0.420 e. The van der Waals surface area contributed by atoms with Crippen molar-refractivity contribution < 1.29 is 27.1 Å². The summed E-state index contributed by atoms with van der Waals surface area (Å²) in [5, 5.41) is -5.01. The van der Waals surface area contributed by atoms with E-state index in [9.17, 15) is 22.4 Å². The summed E-state index contributed by atoms with van der Waals surface area (Å²) in [5.74, 6) is 0. The molecule has 0 N–H and O–H groups in total. The van der Waals surface area contributed by atoms with Crippen LogP contribution >= 0.6 is 11.8 Å². The van der Waals surface area contributed by atoms with Gasteiger partial charge in [0, 0.05) is 11.1 Å². The number of nitrogens with zero attached hydrogens (tertiary/aromatic N) is 2. The Bertz CT molecular complexity index is 979. The molecule has 0 aliphatic carbocycles. The molecule has 0 saturated carbocycles. The Morgan fingerprint density at radius 1 is 1.07 bits per heavy atom. The molecule has 1 aromatic heterocycles. The van der Waals surface area contributed by atoms with Gasteiger partial charge in [0.1, 0.15) is 0 Å². The first-order valence-corrected chi connectivity index (χ1v) is 9.42. The molecule has 0 aliphatic rings. The van der Waals surface area contributed by atoms with E-state index in [1.54, 1.807) is 67.6 Å². The fraction of sp³-hybridized carbons (Fsp3) is 0.200.